The van der Waals surface area contributed by atoms with Crippen molar-refractivity contribution >= 4 is 11.9 Å². The van der Waals surface area contributed by atoms with Crippen molar-refractivity contribution in [3.63, 3.8) is 0 Å². The van der Waals surface area contributed by atoms with E-state index >= 15 is 0 Å². The van der Waals surface area contributed by atoms with Crippen molar-refractivity contribution in [2.24, 2.45) is 29.1 Å². The average Bonchev–Trinajstić information content (AvgIpc) is 2.70. The highest BCUT2D eigenvalue weighted by atomic mass is 16.3. The Labute approximate surface area is 176 Å². The average molecular weight is 408 g/mol. The first-order valence-electron chi connectivity index (χ1n) is 11.8. The number of fused-ring (bicyclic) bond motifs is 1. The molecule has 0 radical (unpaired) electrons. The summed E-state index contributed by atoms with van der Waals surface area (Å²) >= 11 is 0. The number of aliphatic hydroxyl groups excluding tert-OH is 1. The lowest BCUT2D eigenvalue weighted by atomic mass is 9.51. The second-order valence-corrected chi connectivity index (χ2v) is 10.1. The summed E-state index contributed by atoms with van der Waals surface area (Å²) in [7, 11) is 0. The summed E-state index contributed by atoms with van der Waals surface area (Å²) < 4.78 is 0. The van der Waals surface area contributed by atoms with E-state index in [2.05, 4.69) is 24.5 Å². The molecule has 3 fully saturated rings. The highest BCUT2D eigenvalue weighted by Gasteiger charge is 2.54. The van der Waals surface area contributed by atoms with Gasteiger partial charge >= 0.3 is 6.03 Å². The molecule has 6 heteroatoms. The van der Waals surface area contributed by atoms with Gasteiger partial charge in [-0.05, 0) is 75.0 Å². The van der Waals surface area contributed by atoms with Gasteiger partial charge in [-0.3, -0.25) is 4.79 Å². The number of hydrogen-bond acceptors (Lipinski definition) is 3. The van der Waals surface area contributed by atoms with Crippen LogP contribution in [0.1, 0.15) is 72.6 Å². The lowest BCUT2D eigenvalue weighted by Gasteiger charge is -2.56. The molecule has 1 saturated heterocycles. The maximum Gasteiger partial charge on any atom is 0.315 e. The molecule has 0 spiro atoms. The van der Waals surface area contributed by atoms with E-state index in [1.165, 1.54) is 6.42 Å². The molecular formula is C23H41N3O3. The third-order valence-corrected chi connectivity index (χ3v) is 8.24. The van der Waals surface area contributed by atoms with Gasteiger partial charge in [0.25, 0.3) is 0 Å². The van der Waals surface area contributed by atoms with Gasteiger partial charge in [0.15, 0.2) is 0 Å². The number of aliphatic hydroxyl groups is 1. The Morgan fingerprint density at radius 1 is 1.17 bits per heavy atom. The van der Waals surface area contributed by atoms with Crippen molar-refractivity contribution in [2.45, 2.75) is 84.8 Å². The summed E-state index contributed by atoms with van der Waals surface area (Å²) in [6.07, 6.45) is 6.83. The normalized spacial score (nSPS) is 38.7. The van der Waals surface area contributed by atoms with E-state index < -0.39 is 6.10 Å². The van der Waals surface area contributed by atoms with Gasteiger partial charge < -0.3 is 20.6 Å². The van der Waals surface area contributed by atoms with E-state index in [1.54, 1.807) is 0 Å². The van der Waals surface area contributed by atoms with Crippen molar-refractivity contribution in [2.75, 3.05) is 19.6 Å². The van der Waals surface area contributed by atoms with Gasteiger partial charge in [0, 0.05) is 31.6 Å². The molecule has 0 aromatic carbocycles. The monoisotopic (exact) mass is 407 g/mol. The quantitative estimate of drug-likeness (QED) is 0.670. The van der Waals surface area contributed by atoms with Crippen molar-refractivity contribution in [1.82, 2.24) is 15.5 Å². The number of likely N-dealkylation sites (tertiary alicyclic amines) is 1. The number of nitrogens with zero attached hydrogens (tertiary/aromatic N) is 1. The minimum atomic E-state index is -0.494. The van der Waals surface area contributed by atoms with Gasteiger partial charge in [-0.1, -0.05) is 20.8 Å². The second kappa shape index (κ2) is 9.23. The SMILES string of the molecule is CCNC(=O)NC1CCC2(C)CCC(C(C)C(=O)N3CCCCC3)C(O)C2C1C. The smallest absolute Gasteiger partial charge is 0.315 e. The van der Waals surface area contributed by atoms with E-state index in [4.69, 9.17) is 0 Å². The predicted molar refractivity (Wildman–Crippen MR) is 114 cm³/mol. The van der Waals surface area contributed by atoms with E-state index in [9.17, 15) is 14.7 Å². The molecular weight excluding hydrogens is 366 g/mol. The first-order chi connectivity index (χ1) is 13.8. The Morgan fingerprint density at radius 2 is 1.83 bits per heavy atom. The predicted octanol–water partition coefficient (Wildman–Crippen LogP) is 3.15. The van der Waals surface area contributed by atoms with Crippen LogP contribution in [-0.4, -0.2) is 53.7 Å². The number of piperidine rings is 1. The van der Waals surface area contributed by atoms with Crippen LogP contribution < -0.4 is 10.6 Å². The molecule has 29 heavy (non-hydrogen) atoms. The number of amides is 3. The third-order valence-electron chi connectivity index (χ3n) is 8.24. The molecule has 1 aliphatic heterocycles. The fraction of sp³-hybridized carbons (Fsp3) is 0.913. The summed E-state index contributed by atoms with van der Waals surface area (Å²) in [5, 5.41) is 17.4. The van der Waals surface area contributed by atoms with E-state index in [0.29, 0.717) is 6.54 Å². The topological polar surface area (TPSA) is 81.7 Å². The number of hydrogen-bond donors (Lipinski definition) is 3. The Morgan fingerprint density at radius 3 is 2.48 bits per heavy atom. The van der Waals surface area contributed by atoms with Crippen LogP contribution in [0.4, 0.5) is 4.79 Å². The van der Waals surface area contributed by atoms with Crippen LogP contribution in [0.5, 0.6) is 0 Å². The summed E-state index contributed by atoms with van der Waals surface area (Å²) in [6, 6.07) is -0.0513. The number of carbonyl (C=O) groups excluding carboxylic acids is 2. The van der Waals surface area contributed by atoms with Crippen molar-refractivity contribution in [3.05, 3.63) is 0 Å². The molecule has 3 amide bonds. The van der Waals surface area contributed by atoms with Crippen LogP contribution in [0.15, 0.2) is 0 Å². The van der Waals surface area contributed by atoms with Crippen LogP contribution in [0.3, 0.4) is 0 Å². The minimum Gasteiger partial charge on any atom is -0.392 e. The largest absolute Gasteiger partial charge is 0.392 e. The lowest BCUT2D eigenvalue weighted by molar-refractivity contribution is -0.150. The Kier molecular flexibility index (Phi) is 7.13. The summed E-state index contributed by atoms with van der Waals surface area (Å²) in [5.74, 6) is 0.382. The molecule has 7 atom stereocenters. The zero-order valence-electron chi connectivity index (χ0n) is 18.7. The van der Waals surface area contributed by atoms with Gasteiger partial charge in [-0.2, -0.15) is 0 Å². The molecule has 3 rings (SSSR count). The highest BCUT2D eigenvalue weighted by Crippen LogP contribution is 2.55. The van der Waals surface area contributed by atoms with Gasteiger partial charge in [0.05, 0.1) is 6.10 Å². The first-order valence-corrected chi connectivity index (χ1v) is 11.8. The van der Waals surface area contributed by atoms with Gasteiger partial charge in [-0.25, -0.2) is 4.79 Å². The molecule has 166 valence electrons. The Hall–Kier alpha value is -1.30. The third kappa shape index (κ3) is 4.57. The molecule has 0 bridgehead atoms. The van der Waals surface area contributed by atoms with Gasteiger partial charge in [0.1, 0.15) is 0 Å². The fourth-order valence-corrected chi connectivity index (χ4v) is 6.46. The molecule has 1 heterocycles. The molecule has 3 aliphatic rings. The zero-order chi connectivity index (χ0) is 21.2. The van der Waals surface area contributed by atoms with Crippen molar-refractivity contribution in [3.8, 4) is 0 Å². The number of urea groups is 1. The Bertz CT molecular complexity index is 592. The molecule has 7 unspecified atom stereocenters. The zero-order valence-corrected chi connectivity index (χ0v) is 18.7. The summed E-state index contributed by atoms with van der Waals surface area (Å²) in [4.78, 5) is 27.2. The molecule has 2 aliphatic carbocycles. The second-order valence-electron chi connectivity index (χ2n) is 10.1. The molecule has 0 aromatic heterocycles. The van der Waals surface area contributed by atoms with Crippen molar-refractivity contribution < 1.29 is 14.7 Å². The van der Waals surface area contributed by atoms with Gasteiger partial charge in [-0.15, -0.1) is 0 Å². The van der Waals surface area contributed by atoms with Crippen LogP contribution >= 0.6 is 0 Å². The van der Waals surface area contributed by atoms with E-state index in [0.717, 1.165) is 51.6 Å². The molecule has 0 aromatic rings. The molecule has 6 nitrogen and oxygen atoms in total. The van der Waals surface area contributed by atoms with E-state index in [-0.39, 0.29) is 47.1 Å². The number of nitrogens with one attached hydrogen (secondary N) is 2. The standard InChI is InChI=1S/C23H41N3O3/c1-5-24-22(29)25-18-10-12-23(4)11-9-17(20(27)19(23)16(18)3)15(2)21(28)26-13-7-6-8-14-26/h15-20,27H,5-14H2,1-4H3,(H2,24,25,29). The highest BCUT2D eigenvalue weighted by molar-refractivity contribution is 5.79. The lowest BCUT2D eigenvalue weighted by Crippen LogP contribution is -2.59. The summed E-state index contributed by atoms with van der Waals surface area (Å²) in [5.41, 5.74) is 0.0860. The maximum absolute atomic E-state index is 13.1. The maximum atomic E-state index is 13.1. The van der Waals surface area contributed by atoms with Crippen LogP contribution in [-0.2, 0) is 4.79 Å². The minimum absolute atomic E-state index is 0.00756. The molecule has 3 N–H and O–H groups in total. The van der Waals surface area contributed by atoms with Crippen LogP contribution in [0.25, 0.3) is 0 Å². The Balaban J connectivity index is 1.71. The summed E-state index contributed by atoms with van der Waals surface area (Å²) in [6.45, 7) is 10.7. The molecule has 2 saturated carbocycles. The van der Waals surface area contributed by atoms with Crippen LogP contribution in [0, 0.1) is 29.1 Å². The number of carbonyl (C=O) groups is 2. The van der Waals surface area contributed by atoms with Crippen molar-refractivity contribution in [1.29, 1.82) is 0 Å². The number of rotatable bonds is 4. The first kappa shape index (κ1) is 22.4. The van der Waals surface area contributed by atoms with Gasteiger partial charge in [0.2, 0.25) is 5.91 Å². The fourth-order valence-electron chi connectivity index (χ4n) is 6.46. The van der Waals surface area contributed by atoms with E-state index in [1.807, 2.05) is 18.7 Å². The van der Waals surface area contributed by atoms with Crippen LogP contribution in [0.2, 0.25) is 0 Å².